The lowest BCUT2D eigenvalue weighted by Crippen LogP contribution is -1.95. The van der Waals surface area contributed by atoms with Crippen LogP contribution >= 0.6 is 0 Å². The van der Waals surface area contributed by atoms with Crippen LogP contribution in [0.3, 0.4) is 0 Å². The Kier molecular flexibility index (Phi) is 6.41. The van der Waals surface area contributed by atoms with E-state index in [4.69, 9.17) is 0 Å². The fraction of sp³-hybridized carbons (Fsp3) is 0.364. The quantitative estimate of drug-likeness (QED) is 0.723. The van der Waals surface area contributed by atoms with Gasteiger partial charge in [0, 0.05) is 5.69 Å². The number of nitrogens with one attached hydrogen (secondary N) is 1. The molecule has 0 atom stereocenters. The minimum absolute atomic E-state index is 0.499. The van der Waals surface area contributed by atoms with Gasteiger partial charge in [0.05, 0.1) is 0 Å². The van der Waals surface area contributed by atoms with Gasteiger partial charge in [-0.25, -0.2) is 0 Å². The lowest BCUT2D eigenvalue weighted by atomic mass is 10.0. The van der Waals surface area contributed by atoms with Crippen LogP contribution in [0.2, 0.25) is 0 Å². The molecule has 3 nitrogen and oxygen atoms in total. The summed E-state index contributed by atoms with van der Waals surface area (Å²) in [5.41, 5.74) is 6.60. The lowest BCUT2D eigenvalue weighted by molar-refractivity contribution is -0.105. The standard InChI is InChI=1S/C10H13NO.CH5N/c1-8(2)9-4-3-5-10(6-9)11-7-12;1-2/h3-8H,1-2H3,(H,11,12);2H2,1H3. The third kappa shape index (κ3) is 4.05. The molecule has 0 radical (unpaired) electrons. The van der Waals surface area contributed by atoms with E-state index < -0.39 is 0 Å². The van der Waals surface area contributed by atoms with E-state index in [2.05, 4.69) is 31.0 Å². The number of nitrogens with two attached hydrogens (primary N) is 1. The summed E-state index contributed by atoms with van der Waals surface area (Å²) in [6.45, 7) is 4.25. The van der Waals surface area contributed by atoms with E-state index in [0.717, 1.165) is 5.69 Å². The topological polar surface area (TPSA) is 55.1 Å². The molecule has 1 rings (SSSR count). The Morgan fingerprint density at radius 3 is 2.50 bits per heavy atom. The summed E-state index contributed by atoms with van der Waals surface area (Å²) in [7, 11) is 1.50. The third-order valence-corrected chi connectivity index (χ3v) is 1.78. The summed E-state index contributed by atoms with van der Waals surface area (Å²) in [6.07, 6.45) is 0.694. The van der Waals surface area contributed by atoms with Crippen LogP contribution in [0.25, 0.3) is 0 Å². The molecule has 0 spiro atoms. The van der Waals surface area contributed by atoms with Crippen molar-refractivity contribution in [3.63, 3.8) is 0 Å². The van der Waals surface area contributed by atoms with Gasteiger partial charge in [-0.15, -0.1) is 0 Å². The maximum Gasteiger partial charge on any atom is 0.211 e. The fourth-order valence-electron chi connectivity index (χ4n) is 1.06. The molecule has 0 unspecified atom stereocenters. The summed E-state index contributed by atoms with van der Waals surface area (Å²) in [5.74, 6) is 0.499. The van der Waals surface area contributed by atoms with Crippen LogP contribution in [0.4, 0.5) is 5.69 Å². The molecule has 0 aliphatic carbocycles. The van der Waals surface area contributed by atoms with Crippen molar-refractivity contribution in [1.82, 2.24) is 0 Å². The smallest absolute Gasteiger partial charge is 0.211 e. The van der Waals surface area contributed by atoms with Crippen LogP contribution in [-0.2, 0) is 4.79 Å². The summed E-state index contributed by atoms with van der Waals surface area (Å²) in [6, 6.07) is 7.86. The van der Waals surface area contributed by atoms with Crippen molar-refractivity contribution in [3.05, 3.63) is 29.8 Å². The maximum atomic E-state index is 10.1. The number of amides is 1. The molecule has 0 aliphatic rings. The van der Waals surface area contributed by atoms with Gasteiger partial charge in [-0.2, -0.15) is 0 Å². The molecule has 0 aromatic heterocycles. The molecule has 0 saturated heterocycles. The van der Waals surface area contributed by atoms with Gasteiger partial charge in [0.2, 0.25) is 6.41 Å². The zero-order chi connectivity index (χ0) is 11.0. The molecule has 3 N–H and O–H groups in total. The third-order valence-electron chi connectivity index (χ3n) is 1.78. The zero-order valence-electron chi connectivity index (χ0n) is 8.95. The van der Waals surface area contributed by atoms with Crippen molar-refractivity contribution < 1.29 is 4.79 Å². The monoisotopic (exact) mass is 194 g/mol. The number of anilines is 1. The molecule has 1 aromatic rings. The largest absolute Gasteiger partial charge is 0.333 e. The van der Waals surface area contributed by atoms with Crippen LogP contribution in [0.5, 0.6) is 0 Å². The molecular formula is C11H18N2O. The van der Waals surface area contributed by atoms with Gasteiger partial charge in [-0.3, -0.25) is 4.79 Å². The van der Waals surface area contributed by atoms with Gasteiger partial charge < -0.3 is 11.1 Å². The summed E-state index contributed by atoms with van der Waals surface area (Å²) < 4.78 is 0. The number of hydrogen-bond donors (Lipinski definition) is 2. The van der Waals surface area contributed by atoms with Gasteiger partial charge in [-0.05, 0) is 30.7 Å². The van der Waals surface area contributed by atoms with Crippen molar-refractivity contribution in [2.24, 2.45) is 5.73 Å². The first kappa shape index (κ1) is 12.7. The Hall–Kier alpha value is -1.35. The number of hydrogen-bond acceptors (Lipinski definition) is 2. The molecule has 0 saturated carbocycles. The molecule has 78 valence electrons. The Labute approximate surface area is 85.3 Å². The Morgan fingerprint density at radius 2 is 2.00 bits per heavy atom. The highest BCUT2D eigenvalue weighted by atomic mass is 16.1. The van der Waals surface area contributed by atoms with Gasteiger partial charge in [0.25, 0.3) is 0 Å². The van der Waals surface area contributed by atoms with Gasteiger partial charge in [-0.1, -0.05) is 26.0 Å². The van der Waals surface area contributed by atoms with E-state index >= 15 is 0 Å². The van der Waals surface area contributed by atoms with E-state index in [1.807, 2.05) is 18.2 Å². The van der Waals surface area contributed by atoms with Crippen molar-refractivity contribution in [2.75, 3.05) is 12.4 Å². The Morgan fingerprint density at radius 1 is 1.36 bits per heavy atom. The van der Waals surface area contributed by atoms with Crippen LogP contribution in [0, 0.1) is 0 Å². The van der Waals surface area contributed by atoms with E-state index in [0.29, 0.717) is 12.3 Å². The van der Waals surface area contributed by atoms with Crippen LogP contribution in [0.1, 0.15) is 25.3 Å². The van der Waals surface area contributed by atoms with Gasteiger partial charge in [0.15, 0.2) is 0 Å². The SMILES string of the molecule is CC(C)c1cccc(NC=O)c1.CN. The molecule has 0 aliphatic heterocycles. The molecule has 3 heteroatoms. The summed E-state index contributed by atoms with van der Waals surface area (Å²) in [5, 5.41) is 2.62. The van der Waals surface area contributed by atoms with Gasteiger partial charge >= 0.3 is 0 Å². The van der Waals surface area contributed by atoms with Crippen LogP contribution < -0.4 is 11.1 Å². The average molecular weight is 194 g/mol. The lowest BCUT2D eigenvalue weighted by Gasteiger charge is -2.06. The second kappa shape index (κ2) is 7.09. The van der Waals surface area contributed by atoms with Crippen LogP contribution in [0.15, 0.2) is 24.3 Å². The van der Waals surface area contributed by atoms with Crippen molar-refractivity contribution >= 4 is 12.1 Å². The molecular weight excluding hydrogens is 176 g/mol. The van der Waals surface area contributed by atoms with Gasteiger partial charge in [0.1, 0.15) is 0 Å². The average Bonchev–Trinajstić information content (AvgIpc) is 2.22. The van der Waals surface area contributed by atoms with E-state index in [1.54, 1.807) is 0 Å². The van der Waals surface area contributed by atoms with E-state index in [1.165, 1.54) is 12.6 Å². The Balaban J connectivity index is 0.000000791. The minimum Gasteiger partial charge on any atom is -0.333 e. The molecule has 0 heterocycles. The number of rotatable bonds is 3. The van der Waals surface area contributed by atoms with Crippen molar-refractivity contribution in [3.8, 4) is 0 Å². The normalized spacial score (nSPS) is 8.93. The molecule has 0 fully saturated rings. The first-order chi connectivity index (χ1) is 6.74. The minimum atomic E-state index is 0.499. The molecule has 1 aromatic carbocycles. The maximum absolute atomic E-state index is 10.1. The molecule has 0 bridgehead atoms. The molecule has 1 amide bonds. The van der Waals surface area contributed by atoms with E-state index in [9.17, 15) is 4.79 Å². The highest BCUT2D eigenvalue weighted by Gasteiger charge is 1.98. The summed E-state index contributed by atoms with van der Waals surface area (Å²) >= 11 is 0. The predicted molar refractivity (Wildman–Crippen MR) is 60.3 cm³/mol. The summed E-state index contributed by atoms with van der Waals surface area (Å²) in [4.78, 5) is 10.1. The first-order valence-electron chi connectivity index (χ1n) is 4.62. The zero-order valence-corrected chi connectivity index (χ0v) is 8.95. The number of carbonyl (C=O) groups is 1. The fourth-order valence-corrected chi connectivity index (χ4v) is 1.06. The predicted octanol–water partition coefficient (Wildman–Crippen LogP) is 1.95. The number of carbonyl (C=O) groups excluding carboxylic acids is 1. The first-order valence-corrected chi connectivity index (χ1v) is 4.62. The molecule has 14 heavy (non-hydrogen) atoms. The van der Waals surface area contributed by atoms with E-state index in [-0.39, 0.29) is 0 Å². The Bertz CT molecular complexity index is 272. The highest BCUT2D eigenvalue weighted by Crippen LogP contribution is 2.17. The second-order valence-corrected chi connectivity index (χ2v) is 3.04. The van der Waals surface area contributed by atoms with Crippen molar-refractivity contribution in [2.45, 2.75) is 19.8 Å². The van der Waals surface area contributed by atoms with Crippen molar-refractivity contribution in [1.29, 1.82) is 0 Å². The number of benzene rings is 1. The second-order valence-electron chi connectivity index (χ2n) is 3.04. The highest BCUT2D eigenvalue weighted by molar-refractivity contribution is 5.71. The van der Waals surface area contributed by atoms with Crippen LogP contribution in [-0.4, -0.2) is 13.5 Å².